The van der Waals surface area contributed by atoms with Crippen molar-refractivity contribution in [1.82, 2.24) is 0 Å². The molecule has 0 saturated carbocycles. The Morgan fingerprint density at radius 2 is 1.50 bits per heavy atom. The SMILES string of the molecule is CC(=O)Oc1cccc(N2C(=O)[C@@H]3C4c5ccccc5C(C)(c5ccccc54)[C@H]3C2=O)c1. The van der Waals surface area contributed by atoms with Crippen LogP contribution in [-0.4, -0.2) is 17.8 Å². The van der Waals surface area contributed by atoms with E-state index >= 15 is 0 Å². The summed E-state index contributed by atoms with van der Waals surface area (Å²) in [5.74, 6) is -1.64. The second-order valence-electron chi connectivity index (χ2n) is 8.96. The number of rotatable bonds is 2. The monoisotopic (exact) mass is 423 g/mol. The van der Waals surface area contributed by atoms with E-state index in [1.165, 1.54) is 11.8 Å². The van der Waals surface area contributed by atoms with E-state index in [9.17, 15) is 14.4 Å². The van der Waals surface area contributed by atoms with Crippen molar-refractivity contribution in [3.63, 3.8) is 0 Å². The van der Waals surface area contributed by atoms with Gasteiger partial charge in [-0.05, 0) is 34.4 Å². The fourth-order valence-electron chi connectivity index (χ4n) is 6.26. The molecule has 0 unspecified atom stereocenters. The zero-order valence-corrected chi connectivity index (χ0v) is 17.7. The maximum Gasteiger partial charge on any atom is 0.308 e. The average molecular weight is 423 g/mol. The van der Waals surface area contributed by atoms with E-state index < -0.39 is 23.2 Å². The zero-order chi connectivity index (χ0) is 22.2. The molecule has 158 valence electrons. The van der Waals surface area contributed by atoms with Crippen LogP contribution in [0.25, 0.3) is 0 Å². The van der Waals surface area contributed by atoms with Crippen LogP contribution in [0.2, 0.25) is 0 Å². The van der Waals surface area contributed by atoms with E-state index in [4.69, 9.17) is 4.74 Å². The predicted octanol–water partition coefficient (Wildman–Crippen LogP) is 4.18. The summed E-state index contributed by atoms with van der Waals surface area (Å²) in [6.45, 7) is 3.42. The van der Waals surface area contributed by atoms with Gasteiger partial charge < -0.3 is 4.74 Å². The molecule has 1 saturated heterocycles. The number of benzene rings is 3. The number of ether oxygens (including phenoxy) is 1. The number of hydrogen-bond donors (Lipinski definition) is 0. The van der Waals surface area contributed by atoms with Crippen molar-refractivity contribution in [2.45, 2.75) is 25.2 Å². The Hall–Kier alpha value is -3.73. The van der Waals surface area contributed by atoms with Crippen molar-refractivity contribution in [2.75, 3.05) is 4.90 Å². The van der Waals surface area contributed by atoms with Gasteiger partial charge in [-0.2, -0.15) is 0 Å². The third kappa shape index (κ3) is 2.25. The van der Waals surface area contributed by atoms with Gasteiger partial charge in [0, 0.05) is 24.3 Å². The molecule has 4 aliphatic rings. The lowest BCUT2D eigenvalue weighted by Crippen LogP contribution is -2.51. The van der Waals surface area contributed by atoms with Gasteiger partial charge in [0.1, 0.15) is 5.75 Å². The van der Waals surface area contributed by atoms with Gasteiger partial charge in [0.25, 0.3) is 0 Å². The molecule has 2 bridgehead atoms. The van der Waals surface area contributed by atoms with Crippen molar-refractivity contribution in [3.8, 4) is 5.75 Å². The Bertz CT molecular complexity index is 1280. The summed E-state index contributed by atoms with van der Waals surface area (Å²) in [6, 6.07) is 23.0. The van der Waals surface area contributed by atoms with Crippen LogP contribution in [-0.2, 0) is 19.8 Å². The summed E-state index contributed by atoms with van der Waals surface area (Å²) in [5.41, 5.74) is 4.35. The largest absolute Gasteiger partial charge is 0.427 e. The molecule has 3 aromatic rings. The predicted molar refractivity (Wildman–Crippen MR) is 118 cm³/mol. The minimum absolute atomic E-state index is 0.160. The quantitative estimate of drug-likeness (QED) is 0.352. The molecular formula is C27H21NO4. The number of carbonyl (C=O) groups is 3. The van der Waals surface area contributed by atoms with Crippen LogP contribution < -0.4 is 9.64 Å². The molecule has 5 heteroatoms. The number of carbonyl (C=O) groups excluding carboxylic acids is 3. The van der Waals surface area contributed by atoms with Crippen LogP contribution in [0.4, 0.5) is 5.69 Å². The number of esters is 1. The molecule has 3 aromatic carbocycles. The molecule has 2 atom stereocenters. The lowest BCUT2D eigenvalue weighted by Gasteiger charge is -2.52. The molecule has 2 amide bonds. The van der Waals surface area contributed by atoms with Gasteiger partial charge in [0.15, 0.2) is 0 Å². The third-order valence-electron chi connectivity index (χ3n) is 7.38. The molecule has 1 fully saturated rings. The Morgan fingerprint density at radius 1 is 0.875 bits per heavy atom. The smallest absolute Gasteiger partial charge is 0.308 e. The van der Waals surface area contributed by atoms with Crippen LogP contribution in [0.3, 0.4) is 0 Å². The van der Waals surface area contributed by atoms with E-state index in [-0.39, 0.29) is 17.7 Å². The van der Waals surface area contributed by atoms with Crippen molar-refractivity contribution >= 4 is 23.5 Å². The molecule has 5 nitrogen and oxygen atoms in total. The highest BCUT2D eigenvalue weighted by molar-refractivity contribution is 6.23. The van der Waals surface area contributed by atoms with Crippen molar-refractivity contribution in [3.05, 3.63) is 95.1 Å². The first kappa shape index (κ1) is 19.0. The molecule has 32 heavy (non-hydrogen) atoms. The average Bonchev–Trinajstić information content (AvgIpc) is 3.05. The highest BCUT2D eigenvalue weighted by Gasteiger charge is 2.66. The van der Waals surface area contributed by atoms with Gasteiger partial charge >= 0.3 is 5.97 Å². The second-order valence-corrected chi connectivity index (χ2v) is 8.96. The lowest BCUT2D eigenvalue weighted by atomic mass is 9.48. The van der Waals surface area contributed by atoms with Gasteiger partial charge in [0.05, 0.1) is 17.5 Å². The molecule has 0 radical (unpaired) electrons. The van der Waals surface area contributed by atoms with E-state index in [1.54, 1.807) is 24.3 Å². The molecule has 3 aliphatic carbocycles. The number of imide groups is 1. The van der Waals surface area contributed by atoms with Crippen molar-refractivity contribution in [2.24, 2.45) is 11.8 Å². The summed E-state index contributed by atoms with van der Waals surface area (Å²) in [6.07, 6.45) is 0. The minimum Gasteiger partial charge on any atom is -0.427 e. The van der Waals surface area contributed by atoms with E-state index in [1.807, 2.05) is 24.3 Å². The van der Waals surface area contributed by atoms with Gasteiger partial charge in [-0.25, -0.2) is 4.90 Å². The summed E-state index contributed by atoms with van der Waals surface area (Å²) in [7, 11) is 0. The van der Waals surface area contributed by atoms with E-state index in [0.717, 1.165) is 22.3 Å². The number of amides is 2. The number of nitrogens with zero attached hydrogens (tertiary/aromatic N) is 1. The fourth-order valence-corrected chi connectivity index (χ4v) is 6.26. The van der Waals surface area contributed by atoms with Crippen LogP contribution in [0, 0.1) is 11.8 Å². The number of anilines is 1. The summed E-state index contributed by atoms with van der Waals surface area (Å²) >= 11 is 0. The Kier molecular flexibility index (Phi) is 3.79. The molecule has 1 heterocycles. The maximum atomic E-state index is 13.9. The number of hydrogen-bond acceptors (Lipinski definition) is 4. The maximum absolute atomic E-state index is 13.9. The summed E-state index contributed by atoms with van der Waals surface area (Å²) in [4.78, 5) is 40.4. The first-order valence-corrected chi connectivity index (χ1v) is 10.8. The standard InChI is InChI=1S/C27H21NO4/c1-15(29)32-17-9-7-8-16(14-17)28-25(30)23-22-18-10-3-5-12-20(18)27(2,24(23)26(28)31)21-13-6-4-11-19(21)22/h3-14,22-24H,1-2H3/t22?,23-,24-,27?/m1/s1. The molecule has 0 N–H and O–H groups in total. The summed E-state index contributed by atoms with van der Waals surface area (Å²) in [5, 5.41) is 0. The molecule has 0 aromatic heterocycles. The van der Waals surface area contributed by atoms with Gasteiger partial charge in [-0.3, -0.25) is 14.4 Å². The highest BCUT2D eigenvalue weighted by Crippen LogP contribution is 2.64. The highest BCUT2D eigenvalue weighted by atomic mass is 16.5. The van der Waals surface area contributed by atoms with Crippen molar-refractivity contribution < 1.29 is 19.1 Å². The van der Waals surface area contributed by atoms with Crippen LogP contribution in [0.1, 0.15) is 42.0 Å². The van der Waals surface area contributed by atoms with Gasteiger partial charge in [-0.15, -0.1) is 0 Å². The first-order chi connectivity index (χ1) is 15.4. The zero-order valence-electron chi connectivity index (χ0n) is 17.7. The van der Waals surface area contributed by atoms with E-state index in [2.05, 4.69) is 31.2 Å². The lowest BCUT2D eigenvalue weighted by molar-refractivity contribution is -0.132. The molecular weight excluding hydrogens is 402 g/mol. The van der Waals surface area contributed by atoms with Gasteiger partial charge in [-0.1, -0.05) is 61.5 Å². The van der Waals surface area contributed by atoms with Crippen LogP contribution in [0.5, 0.6) is 5.75 Å². The molecule has 1 aliphatic heterocycles. The van der Waals surface area contributed by atoms with Crippen LogP contribution >= 0.6 is 0 Å². The molecule has 7 rings (SSSR count). The Labute approximate surface area is 185 Å². The molecule has 0 spiro atoms. The second kappa shape index (κ2) is 6.39. The third-order valence-corrected chi connectivity index (χ3v) is 7.38. The van der Waals surface area contributed by atoms with E-state index in [0.29, 0.717) is 11.4 Å². The topological polar surface area (TPSA) is 63.7 Å². The minimum atomic E-state index is -0.596. The fraction of sp³-hybridized carbons (Fsp3) is 0.222. The first-order valence-electron chi connectivity index (χ1n) is 10.8. The van der Waals surface area contributed by atoms with Gasteiger partial charge in [0.2, 0.25) is 11.8 Å². The van der Waals surface area contributed by atoms with Crippen molar-refractivity contribution in [1.29, 1.82) is 0 Å². The Balaban J connectivity index is 1.54. The Morgan fingerprint density at radius 3 is 2.12 bits per heavy atom. The summed E-state index contributed by atoms with van der Waals surface area (Å²) < 4.78 is 5.19. The normalized spacial score (nSPS) is 27.1. The van der Waals surface area contributed by atoms with Crippen LogP contribution in [0.15, 0.2) is 72.8 Å².